The molecule has 0 saturated carbocycles. The zero-order valence-corrected chi connectivity index (χ0v) is 19.2. The molecule has 164 valence electrons. The SMILES string of the molecule is C=C/C=C\C(=C/C)c1nnc(-c2ccc(-n3c4ccccc4c4ccccc43)cc2)o1.CC. The van der Waals surface area contributed by atoms with E-state index in [2.05, 4.69) is 82.0 Å². The zero-order valence-electron chi connectivity index (χ0n) is 19.2. The number of aromatic nitrogens is 3. The summed E-state index contributed by atoms with van der Waals surface area (Å²) in [5, 5.41) is 10.9. The van der Waals surface area contributed by atoms with E-state index in [1.807, 2.05) is 51.1 Å². The van der Waals surface area contributed by atoms with Crippen molar-refractivity contribution in [3.8, 4) is 17.1 Å². The number of fused-ring (bicyclic) bond motifs is 3. The Morgan fingerprint density at radius 2 is 1.45 bits per heavy atom. The summed E-state index contributed by atoms with van der Waals surface area (Å²) in [6.07, 6.45) is 7.40. The van der Waals surface area contributed by atoms with Gasteiger partial charge in [0.1, 0.15) is 0 Å². The molecule has 3 aromatic carbocycles. The van der Waals surface area contributed by atoms with Crippen LogP contribution >= 0.6 is 0 Å². The molecular weight excluding hydrogens is 406 g/mol. The molecule has 0 aliphatic heterocycles. The summed E-state index contributed by atoms with van der Waals surface area (Å²) in [7, 11) is 0. The van der Waals surface area contributed by atoms with Crippen LogP contribution in [0.5, 0.6) is 0 Å². The second-order valence-corrected chi connectivity index (χ2v) is 7.17. The Labute approximate surface area is 194 Å². The van der Waals surface area contributed by atoms with E-state index in [9.17, 15) is 0 Å². The highest BCUT2D eigenvalue weighted by molar-refractivity contribution is 6.09. The molecule has 0 N–H and O–H groups in total. The smallest absolute Gasteiger partial charge is 0.248 e. The van der Waals surface area contributed by atoms with Crippen molar-refractivity contribution in [1.29, 1.82) is 0 Å². The predicted molar refractivity (Wildman–Crippen MR) is 138 cm³/mol. The van der Waals surface area contributed by atoms with E-state index < -0.39 is 0 Å². The van der Waals surface area contributed by atoms with E-state index in [0.717, 1.165) is 16.8 Å². The van der Waals surface area contributed by atoms with Crippen LogP contribution in [0.3, 0.4) is 0 Å². The Balaban J connectivity index is 0.00000126. The third kappa shape index (κ3) is 4.15. The first kappa shape index (κ1) is 22.0. The summed E-state index contributed by atoms with van der Waals surface area (Å²) in [4.78, 5) is 0. The average molecular weight is 434 g/mol. The van der Waals surface area contributed by atoms with Crippen molar-refractivity contribution in [3.63, 3.8) is 0 Å². The Morgan fingerprint density at radius 1 is 0.848 bits per heavy atom. The normalized spacial score (nSPS) is 11.7. The van der Waals surface area contributed by atoms with Crippen LogP contribution in [0.15, 0.2) is 108 Å². The third-order valence-corrected chi connectivity index (χ3v) is 5.35. The van der Waals surface area contributed by atoms with Crippen LogP contribution in [0.1, 0.15) is 26.7 Å². The number of benzene rings is 3. The third-order valence-electron chi connectivity index (χ3n) is 5.35. The lowest BCUT2D eigenvalue weighted by Crippen LogP contribution is -1.93. The number of rotatable bonds is 5. The largest absolute Gasteiger partial charge is 0.416 e. The summed E-state index contributed by atoms with van der Waals surface area (Å²) >= 11 is 0. The molecule has 0 atom stereocenters. The molecule has 4 nitrogen and oxygen atoms in total. The van der Waals surface area contributed by atoms with Gasteiger partial charge in [-0.15, -0.1) is 10.2 Å². The number of para-hydroxylation sites is 2. The van der Waals surface area contributed by atoms with Gasteiger partial charge in [0.2, 0.25) is 11.8 Å². The minimum absolute atomic E-state index is 0.488. The van der Waals surface area contributed by atoms with Gasteiger partial charge in [0.15, 0.2) is 0 Å². The van der Waals surface area contributed by atoms with Crippen LogP contribution in [0.4, 0.5) is 0 Å². The molecule has 0 radical (unpaired) electrons. The lowest BCUT2D eigenvalue weighted by molar-refractivity contribution is 0.554. The van der Waals surface area contributed by atoms with Crippen molar-refractivity contribution >= 4 is 27.4 Å². The molecule has 2 aromatic heterocycles. The topological polar surface area (TPSA) is 43.9 Å². The van der Waals surface area contributed by atoms with Crippen LogP contribution in [-0.2, 0) is 0 Å². The standard InChI is InChI=1S/C27H21N3O.C2H6/c1-3-5-10-19(4-2)26-28-29-27(31-26)20-15-17-21(18-16-20)30-24-13-8-6-11-22(24)23-12-7-9-14-25(23)30;1-2/h3-18H,1H2,2H3;1-2H3/b10-5-,19-4+;. The summed E-state index contributed by atoms with van der Waals surface area (Å²) in [6.45, 7) is 9.64. The van der Waals surface area contributed by atoms with Gasteiger partial charge in [-0.3, -0.25) is 0 Å². The molecular formula is C29H27N3O. The van der Waals surface area contributed by atoms with Gasteiger partial charge in [0, 0.05) is 27.6 Å². The fraction of sp³-hybridized carbons (Fsp3) is 0.103. The quantitative estimate of drug-likeness (QED) is 0.264. The van der Waals surface area contributed by atoms with Gasteiger partial charge in [0.05, 0.1) is 11.0 Å². The summed E-state index contributed by atoms with van der Waals surface area (Å²) in [5.74, 6) is 0.984. The van der Waals surface area contributed by atoms with E-state index in [4.69, 9.17) is 4.42 Å². The molecule has 0 amide bonds. The van der Waals surface area contributed by atoms with E-state index >= 15 is 0 Å². The molecule has 0 spiro atoms. The van der Waals surface area contributed by atoms with Crippen molar-refractivity contribution in [3.05, 3.63) is 110 Å². The monoisotopic (exact) mass is 433 g/mol. The maximum atomic E-state index is 5.91. The molecule has 4 heteroatoms. The minimum atomic E-state index is 0.488. The maximum Gasteiger partial charge on any atom is 0.248 e. The minimum Gasteiger partial charge on any atom is -0.416 e. The first-order valence-corrected chi connectivity index (χ1v) is 11.2. The van der Waals surface area contributed by atoms with Crippen LogP contribution in [0.25, 0.3) is 44.5 Å². The second kappa shape index (κ2) is 9.96. The lowest BCUT2D eigenvalue weighted by Gasteiger charge is -2.08. The molecule has 0 unspecified atom stereocenters. The molecule has 0 bridgehead atoms. The maximum absolute atomic E-state index is 5.91. The summed E-state index contributed by atoms with van der Waals surface area (Å²) in [6, 6.07) is 25.2. The highest BCUT2D eigenvalue weighted by atomic mass is 16.4. The highest BCUT2D eigenvalue weighted by Crippen LogP contribution is 2.32. The second-order valence-electron chi connectivity index (χ2n) is 7.17. The molecule has 0 aliphatic rings. The molecule has 5 rings (SSSR count). The van der Waals surface area contributed by atoms with Crippen molar-refractivity contribution in [2.45, 2.75) is 20.8 Å². The molecule has 2 heterocycles. The van der Waals surface area contributed by atoms with Crippen molar-refractivity contribution in [2.24, 2.45) is 0 Å². The van der Waals surface area contributed by atoms with E-state index in [1.54, 1.807) is 6.08 Å². The first-order valence-electron chi connectivity index (χ1n) is 11.2. The van der Waals surface area contributed by atoms with Crippen LogP contribution in [-0.4, -0.2) is 14.8 Å². The van der Waals surface area contributed by atoms with Gasteiger partial charge in [0.25, 0.3) is 0 Å². The average Bonchev–Trinajstić information content (AvgIpc) is 3.49. The van der Waals surface area contributed by atoms with Gasteiger partial charge in [-0.2, -0.15) is 0 Å². The number of nitrogens with zero attached hydrogens (tertiary/aromatic N) is 3. The van der Waals surface area contributed by atoms with Crippen LogP contribution in [0, 0.1) is 0 Å². The summed E-state index contributed by atoms with van der Waals surface area (Å²) in [5.41, 5.74) is 5.20. The van der Waals surface area contributed by atoms with Gasteiger partial charge < -0.3 is 8.98 Å². The summed E-state index contributed by atoms with van der Waals surface area (Å²) < 4.78 is 8.19. The first-order chi connectivity index (χ1) is 16.3. The van der Waals surface area contributed by atoms with E-state index in [1.165, 1.54) is 21.8 Å². The van der Waals surface area contributed by atoms with E-state index in [0.29, 0.717) is 11.8 Å². The van der Waals surface area contributed by atoms with Gasteiger partial charge in [-0.25, -0.2) is 0 Å². The molecule has 0 saturated heterocycles. The Bertz CT molecular complexity index is 1400. The number of hydrogen-bond donors (Lipinski definition) is 0. The van der Waals surface area contributed by atoms with Gasteiger partial charge >= 0.3 is 0 Å². The Kier molecular flexibility index (Phi) is 6.65. The molecule has 0 fully saturated rings. The fourth-order valence-corrected chi connectivity index (χ4v) is 3.87. The van der Waals surface area contributed by atoms with Crippen LogP contribution in [0.2, 0.25) is 0 Å². The predicted octanol–water partition coefficient (Wildman–Crippen LogP) is 8.01. The molecule has 5 aromatic rings. The zero-order chi connectivity index (χ0) is 23.2. The molecule has 33 heavy (non-hydrogen) atoms. The number of hydrogen-bond acceptors (Lipinski definition) is 3. The Morgan fingerprint density at radius 3 is 2.03 bits per heavy atom. The van der Waals surface area contributed by atoms with E-state index in [-0.39, 0.29) is 0 Å². The Hall–Kier alpha value is -4.18. The van der Waals surface area contributed by atoms with Gasteiger partial charge in [-0.05, 0) is 49.4 Å². The fourth-order valence-electron chi connectivity index (χ4n) is 3.87. The lowest BCUT2D eigenvalue weighted by atomic mass is 10.2. The van der Waals surface area contributed by atoms with Crippen molar-refractivity contribution in [2.75, 3.05) is 0 Å². The number of allylic oxidation sites excluding steroid dienone is 5. The van der Waals surface area contributed by atoms with Crippen LogP contribution < -0.4 is 0 Å². The molecule has 0 aliphatic carbocycles. The highest BCUT2D eigenvalue weighted by Gasteiger charge is 2.13. The van der Waals surface area contributed by atoms with Crippen molar-refractivity contribution < 1.29 is 4.42 Å². The van der Waals surface area contributed by atoms with Gasteiger partial charge in [-0.1, -0.05) is 75.1 Å². The van der Waals surface area contributed by atoms with Crippen molar-refractivity contribution in [1.82, 2.24) is 14.8 Å².